The quantitative estimate of drug-likeness (QED) is 0.640. The molecule has 1 aliphatic heterocycles. The molecular formula is C19H28ClN5O2. The maximum atomic E-state index is 12.8. The number of amides is 1. The van der Waals surface area contributed by atoms with Gasteiger partial charge in [0.05, 0.1) is 28.5 Å². The molecule has 4 rings (SSSR count). The predicted molar refractivity (Wildman–Crippen MR) is 111 cm³/mol. The Balaban J connectivity index is 0.00000210. The maximum absolute atomic E-state index is 12.8. The first-order chi connectivity index (χ1) is 12.6. The van der Waals surface area contributed by atoms with E-state index in [-0.39, 0.29) is 29.9 Å². The molecule has 0 radical (unpaired) electrons. The molecule has 1 atom stereocenters. The molecule has 1 aromatic heterocycles. The van der Waals surface area contributed by atoms with Crippen LogP contribution in [0.3, 0.4) is 0 Å². The first kappa shape index (κ1) is 19.8. The molecule has 27 heavy (non-hydrogen) atoms. The topological polar surface area (TPSA) is 107 Å². The van der Waals surface area contributed by atoms with Crippen molar-refractivity contribution >= 4 is 40.7 Å². The first-order valence-corrected chi connectivity index (χ1v) is 9.69. The van der Waals surface area contributed by atoms with Crippen molar-refractivity contribution in [3.63, 3.8) is 0 Å². The van der Waals surface area contributed by atoms with E-state index in [1.165, 1.54) is 6.42 Å². The summed E-state index contributed by atoms with van der Waals surface area (Å²) in [6.07, 6.45) is 7.87. The number of fused-ring (bicyclic) bond motifs is 1. The number of H-pyrrole nitrogens is 2. The van der Waals surface area contributed by atoms with Crippen molar-refractivity contribution in [2.24, 2.45) is 11.7 Å². The Morgan fingerprint density at radius 3 is 2.37 bits per heavy atom. The van der Waals surface area contributed by atoms with E-state index in [2.05, 4.69) is 20.2 Å². The average molecular weight is 394 g/mol. The molecular weight excluding hydrogens is 366 g/mol. The monoisotopic (exact) mass is 393 g/mol. The standard InChI is InChI=1S/C19H27N5O2.ClH/c20-17(12-6-2-1-3-7-12)18(25)21-15-10-13-14(23-19(26)22-13)11-16(15)24-8-4-5-9-24;/h10-12,17H,1-9,20H2,(H,21,25)(H2,22,23,26);1H/t17-;/m0./s1. The third kappa shape index (κ3) is 4.14. The largest absolute Gasteiger partial charge is 0.370 e. The van der Waals surface area contributed by atoms with Crippen LogP contribution in [0.25, 0.3) is 11.0 Å². The van der Waals surface area contributed by atoms with Crippen LogP contribution in [0.5, 0.6) is 0 Å². The van der Waals surface area contributed by atoms with Crippen LogP contribution in [0.4, 0.5) is 11.4 Å². The molecule has 0 bridgehead atoms. The zero-order chi connectivity index (χ0) is 18.1. The highest BCUT2D eigenvalue weighted by molar-refractivity contribution is 6.00. The first-order valence-electron chi connectivity index (χ1n) is 9.69. The van der Waals surface area contributed by atoms with Crippen molar-refractivity contribution in [1.82, 2.24) is 9.97 Å². The fraction of sp³-hybridized carbons (Fsp3) is 0.579. The second-order valence-electron chi connectivity index (χ2n) is 7.60. The van der Waals surface area contributed by atoms with Crippen LogP contribution >= 0.6 is 12.4 Å². The SMILES string of the molecule is Cl.N[C@H](C(=O)Nc1cc2[nH]c(=O)[nH]c2cc1N1CCCC1)C1CCCCC1. The minimum absolute atomic E-state index is 0. The summed E-state index contributed by atoms with van der Waals surface area (Å²) >= 11 is 0. The van der Waals surface area contributed by atoms with Gasteiger partial charge in [-0.2, -0.15) is 0 Å². The number of imidazole rings is 1. The molecule has 1 amide bonds. The predicted octanol–water partition coefficient (Wildman–Crippen LogP) is 2.72. The number of carbonyl (C=O) groups is 1. The number of aromatic nitrogens is 2. The molecule has 0 unspecified atom stereocenters. The van der Waals surface area contributed by atoms with Gasteiger partial charge in [-0.3, -0.25) is 4.79 Å². The smallest absolute Gasteiger partial charge is 0.323 e. The molecule has 7 nitrogen and oxygen atoms in total. The van der Waals surface area contributed by atoms with Gasteiger partial charge in [0.25, 0.3) is 0 Å². The molecule has 2 aliphatic rings. The minimum Gasteiger partial charge on any atom is -0.370 e. The molecule has 148 valence electrons. The number of nitrogens with one attached hydrogen (secondary N) is 3. The molecule has 2 aromatic rings. The lowest BCUT2D eigenvalue weighted by atomic mass is 9.84. The second-order valence-corrected chi connectivity index (χ2v) is 7.60. The number of aromatic amines is 2. The number of carbonyl (C=O) groups excluding carboxylic acids is 1. The normalized spacial score (nSPS) is 19.1. The number of hydrogen-bond acceptors (Lipinski definition) is 4. The van der Waals surface area contributed by atoms with Gasteiger partial charge in [-0.15, -0.1) is 12.4 Å². The van der Waals surface area contributed by atoms with Gasteiger partial charge in [0.1, 0.15) is 0 Å². The lowest BCUT2D eigenvalue weighted by Crippen LogP contribution is -2.42. The van der Waals surface area contributed by atoms with Crippen molar-refractivity contribution in [3.8, 4) is 0 Å². The average Bonchev–Trinajstić information content (AvgIpc) is 3.29. The second kappa shape index (κ2) is 8.35. The Bertz CT molecular complexity index is 849. The Morgan fingerprint density at radius 1 is 1.07 bits per heavy atom. The number of anilines is 2. The van der Waals surface area contributed by atoms with E-state index < -0.39 is 6.04 Å². The fourth-order valence-electron chi connectivity index (χ4n) is 4.31. The van der Waals surface area contributed by atoms with Gasteiger partial charge in [-0.25, -0.2) is 4.79 Å². The van der Waals surface area contributed by atoms with Crippen molar-refractivity contribution < 1.29 is 4.79 Å². The Labute approximate surface area is 164 Å². The van der Waals surface area contributed by atoms with Crippen molar-refractivity contribution in [1.29, 1.82) is 0 Å². The number of benzene rings is 1. The van der Waals surface area contributed by atoms with E-state index in [9.17, 15) is 9.59 Å². The minimum atomic E-state index is -0.484. The summed E-state index contributed by atoms with van der Waals surface area (Å²) in [4.78, 5) is 32.3. The van der Waals surface area contributed by atoms with Crippen molar-refractivity contribution in [3.05, 3.63) is 22.6 Å². The van der Waals surface area contributed by atoms with Crippen LogP contribution in [0.2, 0.25) is 0 Å². The number of nitrogens with zero attached hydrogens (tertiary/aromatic N) is 1. The summed E-state index contributed by atoms with van der Waals surface area (Å²) in [5.41, 5.74) is 9.16. The van der Waals surface area contributed by atoms with Crippen molar-refractivity contribution in [2.75, 3.05) is 23.3 Å². The van der Waals surface area contributed by atoms with Crippen LogP contribution in [-0.4, -0.2) is 35.0 Å². The number of rotatable bonds is 4. The highest BCUT2D eigenvalue weighted by Crippen LogP contribution is 2.33. The van der Waals surface area contributed by atoms with Crippen LogP contribution < -0.4 is 21.6 Å². The molecule has 1 saturated heterocycles. The van der Waals surface area contributed by atoms with E-state index in [1.54, 1.807) is 0 Å². The third-order valence-electron chi connectivity index (χ3n) is 5.80. The molecule has 1 saturated carbocycles. The number of hydrogen-bond donors (Lipinski definition) is 4. The third-order valence-corrected chi connectivity index (χ3v) is 5.80. The van der Waals surface area contributed by atoms with E-state index in [0.29, 0.717) is 5.52 Å². The van der Waals surface area contributed by atoms with E-state index >= 15 is 0 Å². The number of halogens is 1. The molecule has 0 spiro atoms. The lowest BCUT2D eigenvalue weighted by molar-refractivity contribution is -0.118. The number of nitrogens with two attached hydrogens (primary N) is 1. The van der Waals surface area contributed by atoms with Gasteiger partial charge in [-0.05, 0) is 43.7 Å². The molecule has 1 aromatic carbocycles. The summed E-state index contributed by atoms with van der Waals surface area (Å²) in [5.74, 6) is 0.129. The van der Waals surface area contributed by atoms with Gasteiger partial charge < -0.3 is 25.9 Å². The van der Waals surface area contributed by atoms with Gasteiger partial charge >= 0.3 is 5.69 Å². The molecule has 5 N–H and O–H groups in total. The molecule has 2 heterocycles. The Kier molecular flexibility index (Phi) is 6.11. The summed E-state index contributed by atoms with van der Waals surface area (Å²) < 4.78 is 0. The summed E-state index contributed by atoms with van der Waals surface area (Å²) in [7, 11) is 0. The highest BCUT2D eigenvalue weighted by atomic mass is 35.5. The van der Waals surface area contributed by atoms with Gasteiger partial charge in [0.15, 0.2) is 0 Å². The highest BCUT2D eigenvalue weighted by Gasteiger charge is 2.27. The summed E-state index contributed by atoms with van der Waals surface area (Å²) in [6, 6.07) is 3.30. The molecule has 2 fully saturated rings. The van der Waals surface area contributed by atoms with Crippen LogP contribution in [0.1, 0.15) is 44.9 Å². The lowest BCUT2D eigenvalue weighted by Gasteiger charge is -2.27. The fourth-order valence-corrected chi connectivity index (χ4v) is 4.31. The Morgan fingerprint density at radius 2 is 1.70 bits per heavy atom. The van der Waals surface area contributed by atoms with Crippen molar-refractivity contribution in [2.45, 2.75) is 51.0 Å². The van der Waals surface area contributed by atoms with Crippen LogP contribution in [0, 0.1) is 5.92 Å². The van der Waals surface area contributed by atoms with E-state index in [0.717, 1.165) is 68.5 Å². The molecule has 8 heteroatoms. The Hall–Kier alpha value is -1.99. The summed E-state index contributed by atoms with van der Waals surface area (Å²) in [6.45, 7) is 1.91. The van der Waals surface area contributed by atoms with Crippen LogP contribution in [-0.2, 0) is 4.79 Å². The molecule has 1 aliphatic carbocycles. The van der Waals surface area contributed by atoms with Gasteiger partial charge in [-0.1, -0.05) is 19.3 Å². The van der Waals surface area contributed by atoms with E-state index in [4.69, 9.17) is 5.73 Å². The van der Waals surface area contributed by atoms with Gasteiger partial charge in [0, 0.05) is 13.1 Å². The van der Waals surface area contributed by atoms with Crippen LogP contribution in [0.15, 0.2) is 16.9 Å². The zero-order valence-corrected chi connectivity index (χ0v) is 16.2. The zero-order valence-electron chi connectivity index (χ0n) is 15.4. The summed E-state index contributed by atoms with van der Waals surface area (Å²) in [5, 5.41) is 3.04. The van der Waals surface area contributed by atoms with Gasteiger partial charge in [0.2, 0.25) is 5.91 Å². The van der Waals surface area contributed by atoms with E-state index in [1.807, 2.05) is 12.1 Å². The maximum Gasteiger partial charge on any atom is 0.323 e.